The summed E-state index contributed by atoms with van der Waals surface area (Å²) >= 11 is 1.16. The summed E-state index contributed by atoms with van der Waals surface area (Å²) in [4.78, 5) is 17.7. The monoisotopic (exact) mass is 224 g/mol. The fourth-order valence-electron chi connectivity index (χ4n) is 1.42. The molecule has 2 rings (SSSR count). The standard InChI is InChI=1S/C9H12N4OS/c1-6(10)8-2-11-5-13(8)3-7-4-15-9(14)12-7/h2,4-6H,3,10H2,1H3,(H,12,14)/t6-/m0/s1. The molecule has 6 heteroatoms. The molecule has 0 aromatic carbocycles. The topological polar surface area (TPSA) is 76.7 Å². The van der Waals surface area contributed by atoms with Gasteiger partial charge in [0.15, 0.2) is 0 Å². The summed E-state index contributed by atoms with van der Waals surface area (Å²) in [6.07, 6.45) is 3.46. The minimum absolute atomic E-state index is 0.0348. The van der Waals surface area contributed by atoms with E-state index < -0.39 is 0 Å². The average Bonchev–Trinajstić information content (AvgIpc) is 2.75. The molecule has 0 aliphatic heterocycles. The van der Waals surface area contributed by atoms with Crippen LogP contribution in [0.2, 0.25) is 0 Å². The van der Waals surface area contributed by atoms with Crippen LogP contribution in [-0.2, 0) is 6.54 Å². The molecule has 0 amide bonds. The Morgan fingerprint density at radius 3 is 3.13 bits per heavy atom. The zero-order chi connectivity index (χ0) is 10.8. The first-order valence-corrected chi connectivity index (χ1v) is 5.47. The van der Waals surface area contributed by atoms with Crippen molar-refractivity contribution in [3.63, 3.8) is 0 Å². The van der Waals surface area contributed by atoms with Crippen LogP contribution >= 0.6 is 11.3 Å². The van der Waals surface area contributed by atoms with Crippen molar-refractivity contribution in [1.82, 2.24) is 14.5 Å². The van der Waals surface area contributed by atoms with Crippen molar-refractivity contribution in [3.8, 4) is 0 Å². The number of nitrogens with two attached hydrogens (primary N) is 1. The maximum absolute atomic E-state index is 11.0. The minimum Gasteiger partial charge on any atom is -0.327 e. The molecule has 5 nitrogen and oxygen atoms in total. The van der Waals surface area contributed by atoms with Crippen LogP contribution in [0.3, 0.4) is 0 Å². The van der Waals surface area contributed by atoms with Crippen molar-refractivity contribution in [2.24, 2.45) is 5.73 Å². The van der Waals surface area contributed by atoms with E-state index in [4.69, 9.17) is 5.73 Å². The Morgan fingerprint density at radius 2 is 2.53 bits per heavy atom. The second-order valence-corrected chi connectivity index (χ2v) is 4.25. The second-order valence-electron chi connectivity index (χ2n) is 3.41. The van der Waals surface area contributed by atoms with E-state index in [9.17, 15) is 4.79 Å². The Labute approximate surface area is 90.6 Å². The summed E-state index contributed by atoms with van der Waals surface area (Å²) in [5, 5.41) is 1.81. The summed E-state index contributed by atoms with van der Waals surface area (Å²) in [5.41, 5.74) is 7.63. The molecule has 0 radical (unpaired) electrons. The molecule has 3 N–H and O–H groups in total. The summed E-state index contributed by atoms with van der Waals surface area (Å²) in [6, 6.07) is -0.0575. The number of hydrogen-bond donors (Lipinski definition) is 2. The normalized spacial score (nSPS) is 12.9. The van der Waals surface area contributed by atoms with Crippen LogP contribution in [0, 0.1) is 0 Å². The van der Waals surface area contributed by atoms with Crippen LogP contribution in [0.5, 0.6) is 0 Å². The van der Waals surface area contributed by atoms with E-state index >= 15 is 0 Å². The van der Waals surface area contributed by atoms with Crippen molar-refractivity contribution in [3.05, 3.63) is 39.0 Å². The molecule has 0 bridgehead atoms. The van der Waals surface area contributed by atoms with Gasteiger partial charge in [-0.1, -0.05) is 11.3 Å². The number of aromatic amines is 1. The Bertz CT molecular complexity index is 496. The molecule has 0 spiro atoms. The van der Waals surface area contributed by atoms with Crippen LogP contribution in [-0.4, -0.2) is 14.5 Å². The van der Waals surface area contributed by atoms with E-state index in [0.717, 1.165) is 22.7 Å². The summed E-state index contributed by atoms with van der Waals surface area (Å²) in [7, 11) is 0. The number of H-pyrrole nitrogens is 1. The zero-order valence-electron chi connectivity index (χ0n) is 8.30. The van der Waals surface area contributed by atoms with Gasteiger partial charge in [-0.3, -0.25) is 4.79 Å². The molecule has 1 atom stereocenters. The first-order valence-electron chi connectivity index (χ1n) is 4.59. The number of nitrogens with zero attached hydrogens (tertiary/aromatic N) is 2. The zero-order valence-corrected chi connectivity index (χ0v) is 9.12. The molecule has 2 aromatic heterocycles. The Balaban J connectivity index is 2.24. The third-order valence-corrected chi connectivity index (χ3v) is 2.84. The molecule has 2 aromatic rings. The molecule has 15 heavy (non-hydrogen) atoms. The van der Waals surface area contributed by atoms with Gasteiger partial charge in [-0.05, 0) is 6.92 Å². The lowest BCUT2D eigenvalue weighted by Crippen LogP contribution is -2.12. The number of aromatic nitrogens is 3. The second kappa shape index (κ2) is 4.00. The molecular formula is C9H12N4OS. The van der Waals surface area contributed by atoms with Crippen molar-refractivity contribution < 1.29 is 0 Å². The highest BCUT2D eigenvalue weighted by atomic mass is 32.1. The van der Waals surface area contributed by atoms with Gasteiger partial charge in [0.05, 0.1) is 18.6 Å². The van der Waals surface area contributed by atoms with Gasteiger partial charge >= 0.3 is 4.87 Å². The number of rotatable bonds is 3. The van der Waals surface area contributed by atoms with Gasteiger partial charge in [0.25, 0.3) is 0 Å². The van der Waals surface area contributed by atoms with Crippen molar-refractivity contribution >= 4 is 11.3 Å². The number of imidazole rings is 1. The van der Waals surface area contributed by atoms with Crippen LogP contribution in [0.1, 0.15) is 24.4 Å². The van der Waals surface area contributed by atoms with E-state index in [0.29, 0.717) is 6.54 Å². The fourth-order valence-corrected chi connectivity index (χ4v) is 1.99. The van der Waals surface area contributed by atoms with Crippen LogP contribution in [0.4, 0.5) is 0 Å². The highest BCUT2D eigenvalue weighted by Gasteiger charge is 2.07. The highest BCUT2D eigenvalue weighted by molar-refractivity contribution is 7.07. The Morgan fingerprint density at radius 1 is 1.73 bits per heavy atom. The lowest BCUT2D eigenvalue weighted by molar-refractivity contribution is 0.667. The molecule has 0 unspecified atom stereocenters. The van der Waals surface area contributed by atoms with E-state index in [1.807, 2.05) is 16.9 Å². The van der Waals surface area contributed by atoms with Crippen LogP contribution in [0.15, 0.2) is 22.7 Å². The van der Waals surface area contributed by atoms with Gasteiger partial charge in [-0.15, -0.1) is 0 Å². The highest BCUT2D eigenvalue weighted by Crippen LogP contribution is 2.10. The van der Waals surface area contributed by atoms with Crippen molar-refractivity contribution in [2.45, 2.75) is 19.5 Å². The molecule has 80 valence electrons. The molecule has 0 saturated heterocycles. The Kier molecular flexibility index (Phi) is 2.70. The molecule has 0 saturated carbocycles. The first-order chi connectivity index (χ1) is 7.16. The summed E-state index contributed by atoms with van der Waals surface area (Å²) in [6.45, 7) is 2.51. The van der Waals surface area contributed by atoms with E-state index in [-0.39, 0.29) is 10.9 Å². The Hall–Kier alpha value is -1.40. The SMILES string of the molecule is C[C@H](N)c1cncn1Cc1csc(=O)[nH]1. The number of hydrogen-bond acceptors (Lipinski definition) is 4. The largest absolute Gasteiger partial charge is 0.327 e. The smallest absolute Gasteiger partial charge is 0.304 e. The number of thiazole rings is 1. The van der Waals surface area contributed by atoms with Gasteiger partial charge in [0.1, 0.15) is 0 Å². The molecule has 0 fully saturated rings. The molecular weight excluding hydrogens is 212 g/mol. The predicted octanol–water partition coefficient (Wildman–Crippen LogP) is 0.701. The summed E-state index contributed by atoms with van der Waals surface area (Å²) < 4.78 is 1.93. The number of nitrogens with one attached hydrogen (secondary N) is 1. The van der Waals surface area contributed by atoms with E-state index in [2.05, 4.69) is 9.97 Å². The maximum Gasteiger partial charge on any atom is 0.304 e. The third-order valence-electron chi connectivity index (χ3n) is 2.12. The minimum atomic E-state index is -0.0575. The van der Waals surface area contributed by atoms with Crippen molar-refractivity contribution in [1.29, 1.82) is 0 Å². The molecule has 0 aliphatic rings. The summed E-state index contributed by atoms with van der Waals surface area (Å²) in [5.74, 6) is 0. The fraction of sp³-hybridized carbons (Fsp3) is 0.333. The maximum atomic E-state index is 11.0. The van der Waals surface area contributed by atoms with Crippen LogP contribution in [0.25, 0.3) is 0 Å². The molecule has 2 heterocycles. The lowest BCUT2D eigenvalue weighted by Gasteiger charge is -2.09. The van der Waals surface area contributed by atoms with Gasteiger partial charge in [-0.2, -0.15) is 0 Å². The average molecular weight is 224 g/mol. The van der Waals surface area contributed by atoms with Gasteiger partial charge < -0.3 is 15.3 Å². The molecule has 0 aliphatic carbocycles. The lowest BCUT2D eigenvalue weighted by atomic mass is 10.2. The first kappa shape index (κ1) is 10.1. The van der Waals surface area contributed by atoms with Gasteiger partial charge in [-0.25, -0.2) is 4.98 Å². The predicted molar refractivity (Wildman–Crippen MR) is 58.9 cm³/mol. The van der Waals surface area contributed by atoms with E-state index in [1.54, 1.807) is 12.5 Å². The van der Waals surface area contributed by atoms with Crippen LogP contribution < -0.4 is 10.6 Å². The quantitative estimate of drug-likeness (QED) is 0.805. The van der Waals surface area contributed by atoms with Gasteiger partial charge in [0.2, 0.25) is 0 Å². The van der Waals surface area contributed by atoms with Gasteiger partial charge in [0, 0.05) is 23.3 Å². The van der Waals surface area contributed by atoms with Crippen molar-refractivity contribution in [2.75, 3.05) is 0 Å². The third kappa shape index (κ3) is 2.16. The van der Waals surface area contributed by atoms with E-state index in [1.165, 1.54) is 0 Å².